The van der Waals surface area contributed by atoms with E-state index < -0.39 is 0 Å². The Bertz CT molecular complexity index is 582. The molecule has 1 heterocycles. The number of hydrogen-bond acceptors (Lipinski definition) is 4. The second kappa shape index (κ2) is 5.48. The number of pyridine rings is 1. The van der Waals surface area contributed by atoms with Crippen LogP contribution in [0.2, 0.25) is 0 Å². The van der Waals surface area contributed by atoms with Gasteiger partial charge >= 0.3 is 0 Å². The summed E-state index contributed by atoms with van der Waals surface area (Å²) in [6.07, 6.45) is 1.70. The third-order valence-electron chi connectivity index (χ3n) is 2.89. The lowest BCUT2D eigenvalue weighted by Gasteiger charge is -2.18. The average Bonchev–Trinajstić information content (AvgIpc) is 2.33. The molecule has 1 aromatic heterocycles. The molecule has 0 bridgehead atoms. The lowest BCUT2D eigenvalue weighted by atomic mass is 10.1. The van der Waals surface area contributed by atoms with E-state index in [0.717, 1.165) is 15.9 Å². The standard InChI is InChI=1S/C14H15BrN2O2/c1-8-6-10(7-16-14(8)15)17-9(2)13-11(18)4-3-5-12(13)19/h3-7,9,17-19H,1-2H3. The summed E-state index contributed by atoms with van der Waals surface area (Å²) in [5.74, 6) is 0.142. The molecule has 0 spiro atoms. The fraction of sp³-hybridized carbons (Fsp3) is 0.214. The van der Waals surface area contributed by atoms with Crippen LogP contribution in [0.15, 0.2) is 35.1 Å². The highest BCUT2D eigenvalue weighted by Crippen LogP contribution is 2.34. The molecule has 0 amide bonds. The quantitative estimate of drug-likeness (QED) is 0.753. The third kappa shape index (κ3) is 2.98. The Labute approximate surface area is 120 Å². The van der Waals surface area contributed by atoms with Gasteiger partial charge in [-0.3, -0.25) is 0 Å². The summed E-state index contributed by atoms with van der Waals surface area (Å²) in [5.41, 5.74) is 2.32. The van der Waals surface area contributed by atoms with Crippen LogP contribution in [0.4, 0.5) is 5.69 Å². The number of hydrogen-bond donors (Lipinski definition) is 3. The molecule has 4 nitrogen and oxygen atoms in total. The minimum absolute atomic E-state index is 0.0711. The zero-order valence-electron chi connectivity index (χ0n) is 10.7. The number of aromatic nitrogens is 1. The highest BCUT2D eigenvalue weighted by molar-refractivity contribution is 9.10. The topological polar surface area (TPSA) is 65.4 Å². The number of phenolic OH excluding ortho intramolecular Hbond substituents is 2. The number of benzene rings is 1. The van der Waals surface area contributed by atoms with Gasteiger partial charge in [-0.2, -0.15) is 0 Å². The molecule has 0 fully saturated rings. The maximum absolute atomic E-state index is 9.82. The molecule has 0 radical (unpaired) electrons. The van der Waals surface area contributed by atoms with E-state index in [-0.39, 0.29) is 17.5 Å². The number of aryl methyl sites for hydroxylation is 1. The molecule has 3 N–H and O–H groups in total. The van der Waals surface area contributed by atoms with Gasteiger partial charge in [0.05, 0.1) is 23.5 Å². The van der Waals surface area contributed by atoms with Gasteiger partial charge in [-0.15, -0.1) is 0 Å². The van der Waals surface area contributed by atoms with Crippen LogP contribution in [0.1, 0.15) is 24.1 Å². The molecule has 2 aromatic rings. The Kier molecular flexibility index (Phi) is 3.95. The molecular formula is C14H15BrN2O2. The molecule has 1 atom stereocenters. The Morgan fingerprint density at radius 3 is 2.47 bits per heavy atom. The van der Waals surface area contributed by atoms with Gasteiger partial charge in [0.25, 0.3) is 0 Å². The van der Waals surface area contributed by atoms with Gasteiger partial charge in [-0.1, -0.05) is 6.07 Å². The van der Waals surface area contributed by atoms with Crippen LogP contribution < -0.4 is 5.32 Å². The second-order valence-electron chi connectivity index (χ2n) is 4.41. The van der Waals surface area contributed by atoms with E-state index in [2.05, 4.69) is 26.2 Å². The number of halogens is 1. The number of anilines is 1. The molecule has 0 saturated heterocycles. The van der Waals surface area contributed by atoms with Gasteiger partial charge < -0.3 is 15.5 Å². The van der Waals surface area contributed by atoms with Crippen molar-refractivity contribution < 1.29 is 10.2 Å². The van der Waals surface area contributed by atoms with Crippen LogP contribution in [-0.4, -0.2) is 15.2 Å². The van der Waals surface area contributed by atoms with Crippen LogP contribution in [0.3, 0.4) is 0 Å². The monoisotopic (exact) mass is 322 g/mol. The molecule has 1 unspecified atom stereocenters. The maximum Gasteiger partial charge on any atom is 0.124 e. The number of aromatic hydroxyl groups is 2. The fourth-order valence-electron chi connectivity index (χ4n) is 1.94. The van der Waals surface area contributed by atoms with Crippen molar-refractivity contribution in [2.24, 2.45) is 0 Å². The van der Waals surface area contributed by atoms with E-state index in [1.54, 1.807) is 24.4 Å². The Hall–Kier alpha value is -1.75. The van der Waals surface area contributed by atoms with Crippen molar-refractivity contribution in [1.29, 1.82) is 0 Å². The lowest BCUT2D eigenvalue weighted by molar-refractivity contribution is 0.434. The van der Waals surface area contributed by atoms with Gasteiger partial charge in [-0.25, -0.2) is 4.98 Å². The maximum atomic E-state index is 9.82. The van der Waals surface area contributed by atoms with Crippen molar-refractivity contribution in [3.05, 3.63) is 46.2 Å². The van der Waals surface area contributed by atoms with Gasteiger partial charge in [-0.05, 0) is 53.5 Å². The van der Waals surface area contributed by atoms with Crippen molar-refractivity contribution in [1.82, 2.24) is 4.98 Å². The molecule has 0 aliphatic heterocycles. The highest BCUT2D eigenvalue weighted by Gasteiger charge is 2.15. The predicted molar refractivity (Wildman–Crippen MR) is 78.5 cm³/mol. The van der Waals surface area contributed by atoms with Gasteiger partial charge in [0.1, 0.15) is 16.1 Å². The summed E-state index contributed by atoms with van der Waals surface area (Å²) < 4.78 is 0.802. The van der Waals surface area contributed by atoms with Crippen LogP contribution in [0, 0.1) is 6.92 Å². The smallest absolute Gasteiger partial charge is 0.124 e. The second-order valence-corrected chi connectivity index (χ2v) is 5.16. The zero-order chi connectivity index (χ0) is 14.0. The van der Waals surface area contributed by atoms with Gasteiger partial charge in [0.15, 0.2) is 0 Å². The van der Waals surface area contributed by atoms with Crippen LogP contribution in [0.25, 0.3) is 0 Å². The van der Waals surface area contributed by atoms with E-state index in [9.17, 15) is 10.2 Å². The normalized spacial score (nSPS) is 12.2. The van der Waals surface area contributed by atoms with Crippen molar-refractivity contribution in [2.45, 2.75) is 19.9 Å². The van der Waals surface area contributed by atoms with Gasteiger partial charge in [0, 0.05) is 0 Å². The summed E-state index contributed by atoms with van der Waals surface area (Å²) >= 11 is 3.34. The summed E-state index contributed by atoms with van der Waals surface area (Å²) in [6, 6.07) is 6.43. The Morgan fingerprint density at radius 2 is 1.89 bits per heavy atom. The lowest BCUT2D eigenvalue weighted by Crippen LogP contribution is -2.07. The number of phenols is 2. The number of nitrogens with one attached hydrogen (secondary N) is 1. The van der Waals surface area contributed by atoms with E-state index >= 15 is 0 Å². The molecule has 0 aliphatic carbocycles. The molecule has 5 heteroatoms. The molecule has 0 aliphatic rings. The first-order chi connectivity index (χ1) is 8.99. The Balaban J connectivity index is 2.25. The third-order valence-corrected chi connectivity index (χ3v) is 3.72. The van der Waals surface area contributed by atoms with Crippen molar-refractivity contribution in [2.75, 3.05) is 5.32 Å². The van der Waals surface area contributed by atoms with Crippen molar-refractivity contribution >= 4 is 21.6 Å². The summed E-state index contributed by atoms with van der Waals surface area (Å²) in [7, 11) is 0. The Morgan fingerprint density at radius 1 is 1.26 bits per heavy atom. The van der Waals surface area contributed by atoms with Crippen molar-refractivity contribution in [3.8, 4) is 11.5 Å². The molecular weight excluding hydrogens is 308 g/mol. The molecule has 1 aromatic carbocycles. The first kappa shape index (κ1) is 13.7. The van der Waals surface area contributed by atoms with E-state index in [4.69, 9.17) is 0 Å². The molecule has 19 heavy (non-hydrogen) atoms. The van der Waals surface area contributed by atoms with E-state index in [1.807, 2.05) is 19.9 Å². The summed E-state index contributed by atoms with van der Waals surface area (Å²) in [6.45, 7) is 3.82. The molecule has 0 saturated carbocycles. The first-order valence-electron chi connectivity index (χ1n) is 5.88. The minimum atomic E-state index is -0.233. The minimum Gasteiger partial charge on any atom is -0.507 e. The molecule has 2 rings (SSSR count). The largest absolute Gasteiger partial charge is 0.507 e. The summed E-state index contributed by atoms with van der Waals surface area (Å²) in [5, 5.41) is 22.8. The van der Waals surface area contributed by atoms with Gasteiger partial charge in [0.2, 0.25) is 0 Å². The van der Waals surface area contributed by atoms with Crippen LogP contribution in [0.5, 0.6) is 11.5 Å². The zero-order valence-corrected chi connectivity index (χ0v) is 12.3. The SMILES string of the molecule is Cc1cc(NC(C)c2c(O)cccc2O)cnc1Br. The summed E-state index contributed by atoms with van der Waals surface area (Å²) in [4.78, 5) is 4.20. The van der Waals surface area contributed by atoms with Crippen LogP contribution >= 0.6 is 15.9 Å². The van der Waals surface area contributed by atoms with Crippen LogP contribution in [-0.2, 0) is 0 Å². The van der Waals surface area contributed by atoms with Crippen molar-refractivity contribution in [3.63, 3.8) is 0 Å². The predicted octanol–water partition coefficient (Wildman–Crippen LogP) is 3.74. The fourth-order valence-corrected chi connectivity index (χ4v) is 2.16. The van der Waals surface area contributed by atoms with E-state index in [1.165, 1.54) is 0 Å². The number of rotatable bonds is 3. The number of nitrogens with zero attached hydrogens (tertiary/aromatic N) is 1. The molecule has 100 valence electrons. The first-order valence-corrected chi connectivity index (χ1v) is 6.68. The van der Waals surface area contributed by atoms with E-state index in [0.29, 0.717) is 5.56 Å². The highest BCUT2D eigenvalue weighted by atomic mass is 79.9. The average molecular weight is 323 g/mol.